The number of hydrogen-bond donors (Lipinski definition) is 0. The first kappa shape index (κ1) is 10.3. The van der Waals surface area contributed by atoms with Gasteiger partial charge in [0.15, 0.2) is 0 Å². The van der Waals surface area contributed by atoms with Crippen molar-refractivity contribution in [3.05, 3.63) is 35.6 Å². The van der Waals surface area contributed by atoms with E-state index < -0.39 is 0 Å². The zero-order valence-corrected chi connectivity index (χ0v) is 9.91. The minimum atomic E-state index is -0.129. The minimum Gasteiger partial charge on any atom is -0.300 e. The van der Waals surface area contributed by atoms with Crippen LogP contribution in [0.4, 0.5) is 4.39 Å². The maximum atomic E-state index is 12.9. The fourth-order valence-electron chi connectivity index (χ4n) is 3.14. The van der Waals surface area contributed by atoms with Crippen LogP contribution < -0.4 is 0 Å². The number of rotatable bonds is 2. The van der Waals surface area contributed by atoms with E-state index >= 15 is 0 Å². The van der Waals surface area contributed by atoms with Gasteiger partial charge in [-0.05, 0) is 43.9 Å². The van der Waals surface area contributed by atoms with Crippen LogP contribution in [0.15, 0.2) is 24.3 Å². The minimum absolute atomic E-state index is 0.129. The van der Waals surface area contributed by atoms with Crippen LogP contribution in [0.25, 0.3) is 0 Å². The molecule has 2 fully saturated rings. The van der Waals surface area contributed by atoms with Crippen molar-refractivity contribution in [1.82, 2.24) is 4.90 Å². The molecule has 0 N–H and O–H groups in total. The molecule has 2 unspecified atom stereocenters. The van der Waals surface area contributed by atoms with Gasteiger partial charge in [0.2, 0.25) is 0 Å². The predicted octanol–water partition coefficient (Wildman–Crippen LogP) is 2.81. The number of piperidine rings is 1. The summed E-state index contributed by atoms with van der Waals surface area (Å²) in [5.74, 6) is 0.677. The first-order chi connectivity index (χ1) is 7.62. The molecule has 1 saturated heterocycles. The molecule has 0 radical (unpaired) electrons. The summed E-state index contributed by atoms with van der Waals surface area (Å²) in [5, 5.41) is 0. The van der Waals surface area contributed by atoms with Gasteiger partial charge in [0, 0.05) is 24.5 Å². The topological polar surface area (TPSA) is 3.24 Å². The Morgan fingerprint density at radius 3 is 2.56 bits per heavy atom. The Labute approximate surface area is 96.3 Å². The van der Waals surface area contributed by atoms with Crippen LogP contribution in [0.1, 0.15) is 25.8 Å². The van der Waals surface area contributed by atoms with E-state index in [2.05, 4.69) is 18.7 Å². The molecule has 16 heavy (non-hydrogen) atoms. The van der Waals surface area contributed by atoms with E-state index in [1.54, 1.807) is 12.1 Å². The third-order valence-corrected chi connectivity index (χ3v) is 4.32. The summed E-state index contributed by atoms with van der Waals surface area (Å²) in [5.41, 5.74) is 1.69. The maximum absolute atomic E-state index is 12.9. The highest BCUT2D eigenvalue weighted by molar-refractivity contribution is 5.37. The zero-order valence-electron chi connectivity index (χ0n) is 9.91. The molecule has 2 heteroatoms. The molecule has 0 aromatic heterocycles. The van der Waals surface area contributed by atoms with E-state index in [0.717, 1.165) is 12.5 Å². The van der Waals surface area contributed by atoms with E-state index in [0.29, 0.717) is 11.5 Å². The second-order valence-electron chi connectivity index (χ2n) is 5.59. The van der Waals surface area contributed by atoms with Gasteiger partial charge in [-0.1, -0.05) is 12.1 Å². The van der Waals surface area contributed by atoms with Crippen LogP contribution in [0, 0.1) is 11.7 Å². The second-order valence-corrected chi connectivity index (χ2v) is 5.59. The molecular formula is C14H18FN. The molecule has 1 nitrogen and oxygen atoms in total. The average molecular weight is 219 g/mol. The Bertz CT molecular complexity index is 398. The Kier molecular flexibility index (Phi) is 2.12. The van der Waals surface area contributed by atoms with Crippen molar-refractivity contribution in [1.29, 1.82) is 0 Å². The van der Waals surface area contributed by atoms with E-state index in [-0.39, 0.29) is 5.82 Å². The third-order valence-electron chi connectivity index (χ3n) is 4.32. The fourth-order valence-corrected chi connectivity index (χ4v) is 3.14. The molecule has 1 aliphatic carbocycles. The van der Waals surface area contributed by atoms with Gasteiger partial charge in [0.1, 0.15) is 5.82 Å². The molecule has 0 bridgehead atoms. The number of halogens is 1. The lowest BCUT2D eigenvalue weighted by Gasteiger charge is -2.24. The summed E-state index contributed by atoms with van der Waals surface area (Å²) in [4.78, 5) is 2.54. The number of fused-ring (bicyclic) bond motifs is 1. The summed E-state index contributed by atoms with van der Waals surface area (Å²) < 4.78 is 12.9. The molecular weight excluding hydrogens is 201 g/mol. The lowest BCUT2D eigenvalue weighted by molar-refractivity contribution is 0.243. The quantitative estimate of drug-likeness (QED) is 0.739. The van der Waals surface area contributed by atoms with E-state index in [1.165, 1.54) is 18.5 Å². The summed E-state index contributed by atoms with van der Waals surface area (Å²) in [6, 6.07) is 7.76. The molecule has 1 aromatic rings. The highest BCUT2D eigenvalue weighted by Crippen LogP contribution is 2.59. The standard InChI is InChI=1S/C14H18FN/c1-10(2)16-8-12-7-14(12,9-16)11-3-5-13(15)6-4-11/h3-6,10,12H,7-9H2,1-2H3. The summed E-state index contributed by atoms with van der Waals surface area (Å²) >= 11 is 0. The van der Waals surface area contributed by atoms with Crippen LogP contribution in [-0.4, -0.2) is 24.0 Å². The normalized spacial score (nSPS) is 33.1. The monoisotopic (exact) mass is 219 g/mol. The number of nitrogens with zero attached hydrogens (tertiary/aromatic N) is 1. The first-order valence-corrected chi connectivity index (χ1v) is 6.12. The smallest absolute Gasteiger partial charge is 0.123 e. The van der Waals surface area contributed by atoms with Crippen molar-refractivity contribution >= 4 is 0 Å². The average Bonchev–Trinajstić information content (AvgIpc) is 2.82. The highest BCUT2D eigenvalue weighted by atomic mass is 19.1. The Balaban J connectivity index is 1.84. The molecule has 2 atom stereocenters. The molecule has 1 aliphatic heterocycles. The van der Waals surface area contributed by atoms with Crippen molar-refractivity contribution < 1.29 is 4.39 Å². The zero-order chi connectivity index (χ0) is 11.3. The predicted molar refractivity (Wildman–Crippen MR) is 62.9 cm³/mol. The number of hydrogen-bond acceptors (Lipinski definition) is 1. The lowest BCUT2D eigenvalue weighted by Crippen LogP contribution is -2.32. The van der Waals surface area contributed by atoms with Gasteiger partial charge in [-0.25, -0.2) is 4.39 Å². The summed E-state index contributed by atoms with van der Waals surface area (Å²) in [6.45, 7) is 6.88. The van der Waals surface area contributed by atoms with Crippen molar-refractivity contribution in [2.24, 2.45) is 5.92 Å². The molecule has 2 aliphatic rings. The van der Waals surface area contributed by atoms with Gasteiger partial charge < -0.3 is 0 Å². The second kappa shape index (κ2) is 3.30. The third kappa shape index (κ3) is 1.40. The largest absolute Gasteiger partial charge is 0.300 e. The van der Waals surface area contributed by atoms with Crippen LogP contribution >= 0.6 is 0 Å². The fraction of sp³-hybridized carbons (Fsp3) is 0.571. The highest BCUT2D eigenvalue weighted by Gasteiger charge is 2.60. The van der Waals surface area contributed by atoms with Gasteiger partial charge in [0.25, 0.3) is 0 Å². The van der Waals surface area contributed by atoms with E-state index in [4.69, 9.17) is 0 Å². The lowest BCUT2D eigenvalue weighted by atomic mass is 9.95. The summed E-state index contributed by atoms with van der Waals surface area (Å²) in [7, 11) is 0. The van der Waals surface area contributed by atoms with E-state index in [9.17, 15) is 4.39 Å². The van der Waals surface area contributed by atoms with Gasteiger partial charge >= 0.3 is 0 Å². The molecule has 86 valence electrons. The molecule has 3 rings (SSSR count). The van der Waals surface area contributed by atoms with Gasteiger partial charge in [-0.15, -0.1) is 0 Å². The SMILES string of the molecule is CC(C)N1CC2CC2(c2ccc(F)cc2)C1. The number of likely N-dealkylation sites (tertiary alicyclic amines) is 1. The molecule has 0 amide bonds. The first-order valence-electron chi connectivity index (χ1n) is 6.12. The van der Waals surface area contributed by atoms with Crippen LogP contribution in [0.3, 0.4) is 0 Å². The summed E-state index contributed by atoms with van der Waals surface area (Å²) in [6.07, 6.45) is 1.29. The van der Waals surface area contributed by atoms with Crippen molar-refractivity contribution in [3.63, 3.8) is 0 Å². The van der Waals surface area contributed by atoms with Gasteiger partial charge in [-0.3, -0.25) is 4.90 Å². The molecule has 1 aromatic carbocycles. The molecule has 1 heterocycles. The van der Waals surface area contributed by atoms with Crippen molar-refractivity contribution in [2.45, 2.75) is 31.7 Å². The maximum Gasteiger partial charge on any atom is 0.123 e. The Hall–Kier alpha value is -0.890. The van der Waals surface area contributed by atoms with Crippen LogP contribution in [0.5, 0.6) is 0 Å². The molecule has 0 spiro atoms. The Morgan fingerprint density at radius 2 is 2.00 bits per heavy atom. The Morgan fingerprint density at radius 1 is 1.31 bits per heavy atom. The van der Waals surface area contributed by atoms with Crippen molar-refractivity contribution in [2.75, 3.05) is 13.1 Å². The van der Waals surface area contributed by atoms with Crippen LogP contribution in [0.2, 0.25) is 0 Å². The van der Waals surface area contributed by atoms with Gasteiger partial charge in [0.05, 0.1) is 0 Å². The number of benzene rings is 1. The van der Waals surface area contributed by atoms with Crippen LogP contribution in [-0.2, 0) is 5.41 Å². The molecule has 1 saturated carbocycles. The van der Waals surface area contributed by atoms with E-state index in [1.807, 2.05) is 12.1 Å². The van der Waals surface area contributed by atoms with Gasteiger partial charge in [-0.2, -0.15) is 0 Å². The van der Waals surface area contributed by atoms with Crippen molar-refractivity contribution in [3.8, 4) is 0 Å².